The first kappa shape index (κ1) is 9.01. The minimum Gasteiger partial charge on any atom is -0.396 e. The number of rotatable bonds is 4. The third-order valence-corrected chi connectivity index (χ3v) is 2.54. The second-order valence-corrected chi connectivity index (χ2v) is 4.44. The van der Waals surface area contributed by atoms with Crippen LogP contribution in [-0.4, -0.2) is 24.3 Å². The lowest BCUT2D eigenvalue weighted by Gasteiger charge is -2.10. The van der Waals surface area contributed by atoms with Gasteiger partial charge in [-0.25, -0.2) is 0 Å². The van der Waals surface area contributed by atoms with Crippen molar-refractivity contribution in [3.63, 3.8) is 0 Å². The molecule has 0 aromatic carbocycles. The average Bonchev–Trinajstić information content (AvgIpc) is 2.54. The maximum absolute atomic E-state index is 8.76. The summed E-state index contributed by atoms with van der Waals surface area (Å²) >= 11 is 0. The van der Waals surface area contributed by atoms with Gasteiger partial charge in [-0.2, -0.15) is 0 Å². The summed E-state index contributed by atoms with van der Waals surface area (Å²) in [6.45, 7) is 7.84. The fraction of sp³-hybridized carbons (Fsp3) is 1.00. The minimum atomic E-state index is 0.292. The van der Waals surface area contributed by atoms with E-state index in [0.717, 1.165) is 6.54 Å². The summed E-state index contributed by atoms with van der Waals surface area (Å²) in [5, 5.41) is 12.2. The lowest BCUT2D eigenvalue weighted by atomic mass is 10.1. The first-order chi connectivity index (χ1) is 5.06. The maximum Gasteiger partial charge on any atom is 0.0468 e. The fourth-order valence-electron chi connectivity index (χ4n) is 1.22. The van der Waals surface area contributed by atoms with Gasteiger partial charge in [-0.15, -0.1) is 0 Å². The third kappa shape index (κ3) is 2.46. The number of nitrogens with one attached hydrogen (secondary N) is 1. The van der Waals surface area contributed by atoms with E-state index in [0.29, 0.717) is 24.0 Å². The summed E-state index contributed by atoms with van der Waals surface area (Å²) in [7, 11) is 0. The molecule has 1 rings (SSSR count). The van der Waals surface area contributed by atoms with E-state index in [-0.39, 0.29) is 0 Å². The molecule has 1 saturated carbocycles. The molecule has 1 aliphatic carbocycles. The number of aliphatic hydroxyl groups excluding tert-OH is 1. The van der Waals surface area contributed by atoms with E-state index in [1.54, 1.807) is 0 Å². The molecule has 0 aromatic rings. The summed E-state index contributed by atoms with van der Waals surface area (Å²) in [6.07, 6.45) is 1.28. The molecule has 0 saturated heterocycles. The van der Waals surface area contributed by atoms with Crippen molar-refractivity contribution in [2.45, 2.75) is 33.2 Å². The van der Waals surface area contributed by atoms with Gasteiger partial charge in [-0.1, -0.05) is 20.8 Å². The van der Waals surface area contributed by atoms with Gasteiger partial charge >= 0.3 is 0 Å². The van der Waals surface area contributed by atoms with Crippen LogP contribution in [0.4, 0.5) is 0 Å². The van der Waals surface area contributed by atoms with Crippen LogP contribution in [-0.2, 0) is 0 Å². The molecule has 0 radical (unpaired) electrons. The number of hydrogen-bond donors (Lipinski definition) is 2. The van der Waals surface area contributed by atoms with Crippen LogP contribution in [0.1, 0.15) is 27.2 Å². The highest BCUT2D eigenvalue weighted by atomic mass is 16.3. The third-order valence-electron chi connectivity index (χ3n) is 2.54. The van der Waals surface area contributed by atoms with E-state index in [1.165, 1.54) is 6.42 Å². The van der Waals surface area contributed by atoms with Crippen molar-refractivity contribution in [2.75, 3.05) is 13.2 Å². The Labute approximate surface area is 69.0 Å². The molecule has 0 bridgehead atoms. The van der Waals surface area contributed by atoms with E-state index in [2.05, 4.69) is 26.1 Å². The Bertz CT molecular complexity index is 134. The van der Waals surface area contributed by atoms with Gasteiger partial charge in [0.15, 0.2) is 0 Å². The normalized spacial score (nSPS) is 30.0. The van der Waals surface area contributed by atoms with Gasteiger partial charge in [0.05, 0.1) is 0 Å². The number of aliphatic hydroxyl groups is 1. The van der Waals surface area contributed by atoms with E-state index in [1.807, 2.05) is 0 Å². The summed E-state index contributed by atoms with van der Waals surface area (Å²) < 4.78 is 0. The molecule has 11 heavy (non-hydrogen) atoms. The van der Waals surface area contributed by atoms with Crippen molar-refractivity contribution in [3.8, 4) is 0 Å². The highest BCUT2D eigenvalue weighted by molar-refractivity contribution is 5.01. The van der Waals surface area contributed by atoms with Crippen LogP contribution in [0.3, 0.4) is 0 Å². The van der Waals surface area contributed by atoms with Crippen LogP contribution < -0.4 is 5.32 Å². The molecule has 0 aliphatic heterocycles. The minimum absolute atomic E-state index is 0.292. The molecular weight excluding hydrogens is 138 g/mol. The fourth-order valence-corrected chi connectivity index (χ4v) is 1.22. The zero-order valence-electron chi connectivity index (χ0n) is 7.72. The van der Waals surface area contributed by atoms with Gasteiger partial charge in [-0.3, -0.25) is 0 Å². The summed E-state index contributed by atoms with van der Waals surface area (Å²) in [6, 6.07) is 0.691. The Balaban J connectivity index is 2.06. The molecular formula is C9H19NO. The molecule has 2 atom stereocenters. The van der Waals surface area contributed by atoms with Crippen LogP contribution in [0.15, 0.2) is 0 Å². The molecule has 1 aliphatic rings. The lowest BCUT2D eigenvalue weighted by Crippen LogP contribution is -2.27. The van der Waals surface area contributed by atoms with Gasteiger partial charge in [0.25, 0.3) is 0 Å². The SMILES string of the molecule is CC(CO)CNC1CC1(C)C. The van der Waals surface area contributed by atoms with Crippen molar-refractivity contribution in [2.24, 2.45) is 11.3 Å². The van der Waals surface area contributed by atoms with E-state index < -0.39 is 0 Å². The zero-order valence-corrected chi connectivity index (χ0v) is 7.72. The largest absolute Gasteiger partial charge is 0.396 e. The van der Waals surface area contributed by atoms with E-state index >= 15 is 0 Å². The van der Waals surface area contributed by atoms with Crippen molar-refractivity contribution in [3.05, 3.63) is 0 Å². The van der Waals surface area contributed by atoms with Crippen molar-refractivity contribution in [1.29, 1.82) is 0 Å². The van der Waals surface area contributed by atoms with E-state index in [9.17, 15) is 0 Å². The first-order valence-corrected chi connectivity index (χ1v) is 4.40. The van der Waals surface area contributed by atoms with Gasteiger partial charge in [0.1, 0.15) is 0 Å². The quantitative estimate of drug-likeness (QED) is 0.638. The molecule has 0 amide bonds. The Morgan fingerprint density at radius 2 is 2.18 bits per heavy atom. The molecule has 2 heteroatoms. The van der Waals surface area contributed by atoms with Gasteiger partial charge in [0.2, 0.25) is 0 Å². The first-order valence-electron chi connectivity index (χ1n) is 4.40. The summed E-state index contributed by atoms with van der Waals surface area (Å²) in [5.74, 6) is 0.395. The lowest BCUT2D eigenvalue weighted by molar-refractivity contribution is 0.232. The second-order valence-electron chi connectivity index (χ2n) is 4.44. The molecule has 0 spiro atoms. The smallest absolute Gasteiger partial charge is 0.0468 e. The summed E-state index contributed by atoms with van der Waals surface area (Å²) in [5.41, 5.74) is 0.509. The predicted octanol–water partition coefficient (Wildman–Crippen LogP) is 1.00. The zero-order chi connectivity index (χ0) is 8.48. The average molecular weight is 157 g/mol. The molecule has 2 N–H and O–H groups in total. The van der Waals surface area contributed by atoms with Gasteiger partial charge in [-0.05, 0) is 17.8 Å². The summed E-state index contributed by atoms with van der Waals surface area (Å²) in [4.78, 5) is 0. The van der Waals surface area contributed by atoms with E-state index in [4.69, 9.17) is 5.11 Å². The molecule has 66 valence electrons. The van der Waals surface area contributed by atoms with Crippen LogP contribution in [0.5, 0.6) is 0 Å². The molecule has 0 heterocycles. The maximum atomic E-state index is 8.76. The highest BCUT2D eigenvalue weighted by Gasteiger charge is 2.44. The standard InChI is InChI=1S/C9H19NO/c1-7(6-11)5-10-8-4-9(8,2)3/h7-8,10-11H,4-6H2,1-3H3. The Morgan fingerprint density at radius 1 is 1.64 bits per heavy atom. The second kappa shape index (κ2) is 3.11. The van der Waals surface area contributed by atoms with Crippen molar-refractivity contribution < 1.29 is 5.11 Å². The van der Waals surface area contributed by atoms with Crippen LogP contribution in [0.2, 0.25) is 0 Å². The molecule has 0 aromatic heterocycles. The van der Waals surface area contributed by atoms with Crippen molar-refractivity contribution >= 4 is 0 Å². The molecule has 2 unspecified atom stereocenters. The van der Waals surface area contributed by atoms with Crippen LogP contribution in [0.25, 0.3) is 0 Å². The van der Waals surface area contributed by atoms with Gasteiger partial charge in [0, 0.05) is 19.2 Å². The Morgan fingerprint density at radius 3 is 2.55 bits per heavy atom. The highest BCUT2D eigenvalue weighted by Crippen LogP contribution is 2.44. The van der Waals surface area contributed by atoms with Crippen LogP contribution >= 0.6 is 0 Å². The Kier molecular flexibility index (Phi) is 2.55. The molecule has 2 nitrogen and oxygen atoms in total. The number of hydrogen-bond acceptors (Lipinski definition) is 2. The topological polar surface area (TPSA) is 32.3 Å². The predicted molar refractivity (Wildman–Crippen MR) is 46.4 cm³/mol. The molecule has 1 fully saturated rings. The monoisotopic (exact) mass is 157 g/mol. The Hall–Kier alpha value is -0.0800. The van der Waals surface area contributed by atoms with Crippen molar-refractivity contribution in [1.82, 2.24) is 5.32 Å². The van der Waals surface area contributed by atoms with Gasteiger partial charge < -0.3 is 10.4 Å². The van der Waals surface area contributed by atoms with Crippen LogP contribution in [0, 0.1) is 11.3 Å².